The minimum Gasteiger partial charge on any atom is -0.410 e. The summed E-state index contributed by atoms with van der Waals surface area (Å²) in [6.07, 6.45) is 5.23. The van der Waals surface area contributed by atoms with Crippen molar-refractivity contribution < 1.29 is 4.43 Å². The molecular weight excluding hydrogens is 192 g/mol. The van der Waals surface area contributed by atoms with Gasteiger partial charge in [-0.25, -0.2) is 9.97 Å². The van der Waals surface area contributed by atoms with Gasteiger partial charge in [-0.05, 0) is 19.6 Å². The highest BCUT2D eigenvalue weighted by atomic mass is 28.4. The number of hydrogen-bond donors (Lipinski definition) is 0. The van der Waals surface area contributed by atoms with Crippen LogP contribution in [-0.2, 0) is 11.0 Å². The van der Waals surface area contributed by atoms with E-state index >= 15 is 0 Å². The summed E-state index contributed by atoms with van der Waals surface area (Å²) >= 11 is 0. The molecule has 1 aromatic heterocycles. The Labute approximate surface area is 86.0 Å². The molecule has 0 radical (unpaired) electrons. The minimum atomic E-state index is -1.46. The van der Waals surface area contributed by atoms with Crippen molar-refractivity contribution in [3.63, 3.8) is 0 Å². The third-order valence-electron chi connectivity index (χ3n) is 1.60. The molecule has 0 amide bonds. The topological polar surface area (TPSA) is 35.0 Å². The molecule has 0 aliphatic carbocycles. The summed E-state index contributed by atoms with van der Waals surface area (Å²) in [5.74, 6) is 0.734. The number of aromatic nitrogens is 2. The monoisotopic (exact) mass is 208 g/mol. The second-order valence-electron chi connectivity index (χ2n) is 4.04. The van der Waals surface area contributed by atoms with Gasteiger partial charge >= 0.3 is 0 Å². The second kappa shape index (κ2) is 4.48. The number of hydrogen-bond acceptors (Lipinski definition) is 3. The smallest absolute Gasteiger partial charge is 0.184 e. The van der Waals surface area contributed by atoms with Crippen LogP contribution in [0.2, 0.25) is 19.6 Å². The van der Waals surface area contributed by atoms with Crippen molar-refractivity contribution in [1.29, 1.82) is 0 Å². The predicted molar refractivity (Wildman–Crippen MR) is 60.3 cm³/mol. The van der Waals surface area contributed by atoms with E-state index in [9.17, 15) is 0 Å². The molecule has 76 valence electrons. The van der Waals surface area contributed by atoms with Crippen molar-refractivity contribution in [3.05, 3.63) is 30.4 Å². The maximum atomic E-state index is 5.68. The van der Waals surface area contributed by atoms with Gasteiger partial charge in [0, 0.05) is 18.0 Å². The standard InChI is InChI=1S/C10H16N2OSi/c1-5-9-6-11-10(12-7-9)8-13-14(2,3)4/h5-7H,1,8H2,2-4H3. The Hall–Kier alpha value is -1.00. The normalized spacial score (nSPS) is 11.4. The fraction of sp³-hybridized carbons (Fsp3) is 0.400. The molecule has 0 atom stereocenters. The molecule has 0 spiro atoms. The highest BCUT2D eigenvalue weighted by Gasteiger charge is 2.14. The molecular formula is C10H16N2OSi. The maximum Gasteiger partial charge on any atom is 0.184 e. The van der Waals surface area contributed by atoms with E-state index in [0.29, 0.717) is 6.61 Å². The Bertz CT molecular complexity index is 303. The molecule has 0 bridgehead atoms. The summed E-state index contributed by atoms with van der Waals surface area (Å²) in [4.78, 5) is 8.33. The molecule has 4 heteroatoms. The summed E-state index contributed by atoms with van der Waals surface area (Å²) < 4.78 is 5.68. The first-order valence-corrected chi connectivity index (χ1v) is 7.99. The van der Waals surface area contributed by atoms with Crippen LogP contribution in [-0.4, -0.2) is 18.3 Å². The van der Waals surface area contributed by atoms with Gasteiger partial charge in [0.2, 0.25) is 0 Å². The van der Waals surface area contributed by atoms with Gasteiger partial charge in [-0.15, -0.1) is 0 Å². The maximum absolute atomic E-state index is 5.68. The van der Waals surface area contributed by atoms with Gasteiger partial charge < -0.3 is 4.43 Å². The molecule has 1 heterocycles. The Kier molecular flexibility index (Phi) is 3.54. The molecule has 0 aliphatic heterocycles. The van der Waals surface area contributed by atoms with Crippen LogP contribution < -0.4 is 0 Å². The van der Waals surface area contributed by atoms with Crippen molar-refractivity contribution in [2.75, 3.05) is 0 Å². The zero-order valence-corrected chi connectivity index (χ0v) is 9.95. The minimum absolute atomic E-state index is 0.507. The number of nitrogens with zero attached hydrogens (tertiary/aromatic N) is 2. The van der Waals surface area contributed by atoms with E-state index in [1.807, 2.05) is 0 Å². The molecule has 0 saturated carbocycles. The van der Waals surface area contributed by atoms with E-state index in [-0.39, 0.29) is 0 Å². The lowest BCUT2D eigenvalue weighted by Crippen LogP contribution is -2.25. The molecule has 0 fully saturated rings. The van der Waals surface area contributed by atoms with Gasteiger partial charge in [-0.3, -0.25) is 0 Å². The molecule has 1 aromatic rings. The van der Waals surface area contributed by atoms with E-state index < -0.39 is 8.32 Å². The van der Waals surface area contributed by atoms with E-state index in [1.54, 1.807) is 18.5 Å². The zero-order chi connectivity index (χ0) is 10.6. The van der Waals surface area contributed by atoms with Crippen molar-refractivity contribution in [3.8, 4) is 0 Å². The van der Waals surface area contributed by atoms with E-state index in [1.165, 1.54) is 0 Å². The highest BCUT2D eigenvalue weighted by molar-refractivity contribution is 6.69. The average molecular weight is 208 g/mol. The first kappa shape index (κ1) is 11.1. The fourth-order valence-electron chi connectivity index (χ4n) is 0.826. The van der Waals surface area contributed by atoms with E-state index in [4.69, 9.17) is 4.43 Å². The second-order valence-corrected chi connectivity index (χ2v) is 8.55. The zero-order valence-electron chi connectivity index (χ0n) is 8.95. The van der Waals surface area contributed by atoms with Gasteiger partial charge in [0.25, 0.3) is 0 Å². The quantitative estimate of drug-likeness (QED) is 0.713. The van der Waals surface area contributed by atoms with Crippen LogP contribution >= 0.6 is 0 Å². The first-order valence-electron chi connectivity index (χ1n) is 4.58. The molecule has 14 heavy (non-hydrogen) atoms. The van der Waals surface area contributed by atoms with Gasteiger partial charge in [-0.1, -0.05) is 12.7 Å². The molecule has 0 N–H and O–H groups in total. The Balaban J connectivity index is 2.56. The third-order valence-corrected chi connectivity index (χ3v) is 2.61. The van der Waals surface area contributed by atoms with Gasteiger partial charge in [0.15, 0.2) is 14.1 Å². The van der Waals surface area contributed by atoms with Crippen molar-refractivity contribution in [2.24, 2.45) is 0 Å². The van der Waals surface area contributed by atoms with E-state index in [2.05, 4.69) is 36.2 Å². The van der Waals surface area contributed by atoms with Crippen molar-refractivity contribution in [2.45, 2.75) is 26.2 Å². The summed E-state index contributed by atoms with van der Waals surface area (Å²) in [5.41, 5.74) is 0.932. The molecule has 0 aromatic carbocycles. The molecule has 0 aliphatic rings. The molecule has 1 rings (SSSR count). The van der Waals surface area contributed by atoms with E-state index in [0.717, 1.165) is 11.4 Å². The van der Waals surface area contributed by atoms with Crippen LogP contribution in [0.1, 0.15) is 11.4 Å². The van der Waals surface area contributed by atoms with Crippen molar-refractivity contribution >= 4 is 14.4 Å². The SMILES string of the molecule is C=Cc1cnc(CO[Si](C)(C)C)nc1. The molecule has 0 unspecified atom stereocenters. The number of rotatable bonds is 4. The Morgan fingerprint density at radius 2 is 1.93 bits per heavy atom. The summed E-state index contributed by atoms with van der Waals surface area (Å²) in [6.45, 7) is 10.6. The van der Waals surface area contributed by atoms with Gasteiger partial charge in [-0.2, -0.15) is 0 Å². The Morgan fingerprint density at radius 3 is 2.36 bits per heavy atom. The van der Waals surface area contributed by atoms with Crippen LogP contribution in [0.4, 0.5) is 0 Å². The average Bonchev–Trinajstić information content (AvgIpc) is 2.14. The summed E-state index contributed by atoms with van der Waals surface area (Å²) in [6, 6.07) is 0. The lowest BCUT2D eigenvalue weighted by atomic mass is 10.3. The Morgan fingerprint density at radius 1 is 1.36 bits per heavy atom. The van der Waals surface area contributed by atoms with Gasteiger partial charge in [0.1, 0.15) is 0 Å². The van der Waals surface area contributed by atoms with Crippen LogP contribution in [0, 0.1) is 0 Å². The van der Waals surface area contributed by atoms with Crippen LogP contribution in [0.25, 0.3) is 6.08 Å². The lowest BCUT2D eigenvalue weighted by molar-refractivity contribution is 0.289. The van der Waals surface area contributed by atoms with Crippen LogP contribution in [0.5, 0.6) is 0 Å². The van der Waals surface area contributed by atoms with Crippen LogP contribution in [0.3, 0.4) is 0 Å². The molecule has 3 nitrogen and oxygen atoms in total. The summed E-state index contributed by atoms with van der Waals surface area (Å²) in [5, 5.41) is 0. The summed E-state index contributed by atoms with van der Waals surface area (Å²) in [7, 11) is -1.46. The fourth-order valence-corrected chi connectivity index (χ4v) is 1.39. The highest BCUT2D eigenvalue weighted by Crippen LogP contribution is 2.06. The lowest BCUT2D eigenvalue weighted by Gasteiger charge is -2.15. The largest absolute Gasteiger partial charge is 0.410 e. The molecule has 0 saturated heterocycles. The predicted octanol–water partition coefficient (Wildman–Crippen LogP) is 2.47. The van der Waals surface area contributed by atoms with Crippen LogP contribution in [0.15, 0.2) is 19.0 Å². The third kappa shape index (κ3) is 3.80. The van der Waals surface area contributed by atoms with Gasteiger partial charge in [0.05, 0.1) is 6.61 Å². The van der Waals surface area contributed by atoms with Crippen molar-refractivity contribution in [1.82, 2.24) is 9.97 Å². The first-order chi connectivity index (χ1) is 6.51.